The first-order chi connectivity index (χ1) is 11.6. The molecule has 130 valence electrons. The van der Waals surface area contributed by atoms with E-state index < -0.39 is 12.0 Å². The van der Waals surface area contributed by atoms with Gasteiger partial charge in [-0.15, -0.1) is 0 Å². The molecule has 0 aromatic heterocycles. The molecule has 2 rings (SSSR count). The summed E-state index contributed by atoms with van der Waals surface area (Å²) in [5.41, 5.74) is 0.818. The minimum atomic E-state index is -0.477. The fourth-order valence-electron chi connectivity index (χ4n) is 2.93. The molecule has 1 aromatic carbocycles. The second kappa shape index (κ2) is 9.05. The van der Waals surface area contributed by atoms with E-state index in [1.54, 1.807) is 0 Å². The summed E-state index contributed by atoms with van der Waals surface area (Å²) in [7, 11) is 1.31. The van der Waals surface area contributed by atoms with Crippen molar-refractivity contribution in [1.29, 1.82) is 0 Å². The van der Waals surface area contributed by atoms with Gasteiger partial charge in [-0.1, -0.05) is 43.2 Å². The van der Waals surface area contributed by atoms with Gasteiger partial charge in [0.05, 0.1) is 26.1 Å². The lowest BCUT2D eigenvalue weighted by molar-refractivity contribution is -0.141. The van der Waals surface area contributed by atoms with Crippen LogP contribution in [0.4, 0.5) is 0 Å². The number of amides is 2. The van der Waals surface area contributed by atoms with Crippen molar-refractivity contribution in [2.45, 2.75) is 38.1 Å². The Hall–Kier alpha value is -2.37. The summed E-state index contributed by atoms with van der Waals surface area (Å²) in [6.07, 6.45) is 3.96. The van der Waals surface area contributed by atoms with E-state index in [4.69, 9.17) is 0 Å². The molecule has 1 atom stereocenters. The van der Waals surface area contributed by atoms with Crippen molar-refractivity contribution < 1.29 is 19.1 Å². The highest BCUT2D eigenvalue weighted by atomic mass is 16.5. The molecule has 0 aliphatic heterocycles. The highest BCUT2D eigenvalue weighted by Crippen LogP contribution is 2.24. The van der Waals surface area contributed by atoms with E-state index in [2.05, 4.69) is 15.4 Å². The van der Waals surface area contributed by atoms with Crippen molar-refractivity contribution in [3.8, 4) is 0 Å². The second-order valence-corrected chi connectivity index (χ2v) is 6.01. The highest BCUT2D eigenvalue weighted by molar-refractivity contribution is 5.86. The van der Waals surface area contributed by atoms with E-state index >= 15 is 0 Å². The first-order valence-electron chi connectivity index (χ1n) is 8.29. The average Bonchev–Trinajstić information content (AvgIpc) is 3.14. The average molecular weight is 332 g/mol. The number of carbonyl (C=O) groups is 3. The summed E-state index contributed by atoms with van der Waals surface area (Å²) >= 11 is 0. The molecule has 1 aliphatic carbocycles. The van der Waals surface area contributed by atoms with Crippen LogP contribution in [0, 0.1) is 5.92 Å². The van der Waals surface area contributed by atoms with Crippen LogP contribution in [0.5, 0.6) is 0 Å². The summed E-state index contributed by atoms with van der Waals surface area (Å²) in [5.74, 6) is -0.761. The minimum Gasteiger partial charge on any atom is -0.469 e. The molecule has 6 nitrogen and oxygen atoms in total. The molecule has 2 N–H and O–H groups in total. The fourth-order valence-corrected chi connectivity index (χ4v) is 2.93. The minimum absolute atomic E-state index is 0.0257. The van der Waals surface area contributed by atoms with Gasteiger partial charge < -0.3 is 15.4 Å². The van der Waals surface area contributed by atoms with Crippen molar-refractivity contribution >= 4 is 17.8 Å². The number of methoxy groups -OCH3 is 1. The van der Waals surface area contributed by atoms with Crippen LogP contribution >= 0.6 is 0 Å². The number of carbonyl (C=O) groups excluding carboxylic acids is 3. The van der Waals surface area contributed by atoms with Crippen molar-refractivity contribution in [3.63, 3.8) is 0 Å². The number of ether oxygens (including phenoxy) is 1. The largest absolute Gasteiger partial charge is 0.469 e. The zero-order valence-corrected chi connectivity index (χ0v) is 13.9. The van der Waals surface area contributed by atoms with Crippen molar-refractivity contribution in [1.82, 2.24) is 10.6 Å². The van der Waals surface area contributed by atoms with Crippen molar-refractivity contribution in [3.05, 3.63) is 35.9 Å². The summed E-state index contributed by atoms with van der Waals surface area (Å²) < 4.78 is 4.69. The third kappa shape index (κ3) is 5.37. The quantitative estimate of drug-likeness (QED) is 0.745. The Labute approximate surface area is 142 Å². The van der Waals surface area contributed by atoms with Crippen LogP contribution in [0.1, 0.15) is 43.7 Å². The maximum Gasteiger partial charge on any atom is 0.307 e. The fraction of sp³-hybridized carbons (Fsp3) is 0.500. The first-order valence-corrected chi connectivity index (χ1v) is 8.29. The zero-order chi connectivity index (χ0) is 17.4. The molecular formula is C18H24N2O4. The highest BCUT2D eigenvalue weighted by Gasteiger charge is 2.23. The monoisotopic (exact) mass is 332 g/mol. The zero-order valence-electron chi connectivity index (χ0n) is 13.9. The van der Waals surface area contributed by atoms with Gasteiger partial charge in [0.1, 0.15) is 0 Å². The molecule has 1 unspecified atom stereocenters. The van der Waals surface area contributed by atoms with Crippen molar-refractivity contribution in [2.24, 2.45) is 5.92 Å². The predicted molar refractivity (Wildman–Crippen MR) is 88.9 cm³/mol. The molecular weight excluding hydrogens is 308 g/mol. The number of nitrogens with one attached hydrogen (secondary N) is 2. The van der Waals surface area contributed by atoms with Crippen LogP contribution in [-0.4, -0.2) is 31.4 Å². The van der Waals surface area contributed by atoms with Gasteiger partial charge in [-0.2, -0.15) is 0 Å². The summed E-state index contributed by atoms with van der Waals surface area (Å²) in [6.45, 7) is -0.0835. The van der Waals surface area contributed by atoms with Gasteiger partial charge in [0.15, 0.2) is 0 Å². The maximum atomic E-state index is 12.1. The van der Waals surface area contributed by atoms with Crippen LogP contribution < -0.4 is 10.6 Å². The Morgan fingerprint density at radius 2 is 1.83 bits per heavy atom. The molecule has 0 saturated heterocycles. The predicted octanol–water partition coefficient (Wildman–Crippen LogP) is 1.71. The Bertz CT molecular complexity index is 568. The molecule has 0 radical (unpaired) electrons. The Kier molecular flexibility index (Phi) is 6.78. The smallest absolute Gasteiger partial charge is 0.307 e. The molecule has 0 bridgehead atoms. The first kappa shape index (κ1) is 18.0. The Morgan fingerprint density at radius 1 is 1.17 bits per heavy atom. The lowest BCUT2D eigenvalue weighted by atomic mass is 10.0. The van der Waals surface area contributed by atoms with E-state index in [0.717, 1.165) is 31.2 Å². The van der Waals surface area contributed by atoms with Crippen LogP contribution in [0.3, 0.4) is 0 Å². The maximum absolute atomic E-state index is 12.1. The van der Waals surface area contributed by atoms with Crippen molar-refractivity contribution in [2.75, 3.05) is 13.7 Å². The van der Waals surface area contributed by atoms with E-state index in [-0.39, 0.29) is 30.7 Å². The van der Waals surface area contributed by atoms with Crippen LogP contribution in [-0.2, 0) is 19.1 Å². The molecule has 1 saturated carbocycles. The van der Waals surface area contributed by atoms with Gasteiger partial charge in [-0.05, 0) is 18.4 Å². The van der Waals surface area contributed by atoms with Crippen LogP contribution in [0.25, 0.3) is 0 Å². The van der Waals surface area contributed by atoms with Gasteiger partial charge >= 0.3 is 5.97 Å². The molecule has 0 spiro atoms. The van der Waals surface area contributed by atoms with Gasteiger partial charge in [-0.3, -0.25) is 14.4 Å². The molecule has 1 fully saturated rings. The number of benzene rings is 1. The molecule has 1 aliphatic rings. The van der Waals surface area contributed by atoms with E-state index in [1.807, 2.05) is 30.3 Å². The standard InChI is InChI=1S/C18H24N2O4/c1-24-17(22)11-15(13-7-3-2-4-8-13)20-16(21)12-19-18(23)14-9-5-6-10-14/h2-4,7-8,14-15H,5-6,9-12H2,1H3,(H,19,23)(H,20,21). The van der Waals surface area contributed by atoms with Crippen LogP contribution in [0.15, 0.2) is 30.3 Å². The Balaban J connectivity index is 1.89. The van der Waals surface area contributed by atoms with Gasteiger partial charge in [-0.25, -0.2) is 0 Å². The van der Waals surface area contributed by atoms with E-state index in [0.29, 0.717) is 0 Å². The van der Waals surface area contributed by atoms with E-state index in [9.17, 15) is 14.4 Å². The third-order valence-corrected chi connectivity index (χ3v) is 4.28. The van der Waals surface area contributed by atoms with Gasteiger partial charge in [0, 0.05) is 5.92 Å². The van der Waals surface area contributed by atoms with Gasteiger partial charge in [0.25, 0.3) is 0 Å². The number of esters is 1. The molecule has 1 aromatic rings. The second-order valence-electron chi connectivity index (χ2n) is 6.01. The number of rotatable bonds is 7. The lowest BCUT2D eigenvalue weighted by Gasteiger charge is -2.19. The Morgan fingerprint density at radius 3 is 2.46 bits per heavy atom. The van der Waals surface area contributed by atoms with Crippen LogP contribution in [0.2, 0.25) is 0 Å². The molecule has 0 heterocycles. The van der Waals surface area contributed by atoms with E-state index in [1.165, 1.54) is 7.11 Å². The van der Waals surface area contributed by atoms with Gasteiger partial charge in [0.2, 0.25) is 11.8 Å². The third-order valence-electron chi connectivity index (χ3n) is 4.28. The SMILES string of the molecule is COC(=O)CC(NC(=O)CNC(=O)C1CCCC1)c1ccccc1. The summed E-state index contributed by atoms with van der Waals surface area (Å²) in [6, 6.07) is 8.74. The lowest BCUT2D eigenvalue weighted by Crippen LogP contribution is -2.41. The molecule has 6 heteroatoms. The summed E-state index contributed by atoms with van der Waals surface area (Å²) in [4.78, 5) is 35.7. The number of hydrogen-bond acceptors (Lipinski definition) is 4. The topological polar surface area (TPSA) is 84.5 Å². The summed E-state index contributed by atoms with van der Waals surface area (Å²) in [5, 5.41) is 5.47. The normalized spacial score (nSPS) is 15.5. The number of hydrogen-bond donors (Lipinski definition) is 2. The molecule has 24 heavy (non-hydrogen) atoms. The molecule has 2 amide bonds.